The SMILES string of the molecule is C=CCNC(=O)Nc1ccc(NC(=O)c2cn(C3CCNCC3)nn2)cc1. The van der Waals surface area contributed by atoms with Crippen LogP contribution in [0.5, 0.6) is 0 Å². The first-order valence-corrected chi connectivity index (χ1v) is 8.85. The summed E-state index contributed by atoms with van der Waals surface area (Å²) in [4.78, 5) is 24.0. The molecule has 2 aromatic rings. The highest BCUT2D eigenvalue weighted by molar-refractivity contribution is 6.02. The van der Waals surface area contributed by atoms with Crippen LogP contribution >= 0.6 is 0 Å². The number of anilines is 2. The lowest BCUT2D eigenvalue weighted by Crippen LogP contribution is -2.29. The standard InChI is InChI=1S/C18H23N7O2/c1-2-9-20-18(27)22-14-5-3-13(4-6-14)21-17(26)16-12-25(24-23-16)15-7-10-19-11-8-15/h2-6,12,15,19H,1,7-11H2,(H,21,26)(H2,20,22,27). The van der Waals surface area contributed by atoms with E-state index in [1.807, 2.05) is 0 Å². The first-order valence-electron chi connectivity index (χ1n) is 8.85. The van der Waals surface area contributed by atoms with Crippen molar-refractivity contribution < 1.29 is 9.59 Å². The summed E-state index contributed by atoms with van der Waals surface area (Å²) in [5.74, 6) is -0.320. The van der Waals surface area contributed by atoms with Crippen molar-refractivity contribution >= 4 is 23.3 Å². The fraction of sp³-hybridized carbons (Fsp3) is 0.333. The molecule has 1 aliphatic heterocycles. The molecule has 0 spiro atoms. The summed E-state index contributed by atoms with van der Waals surface area (Å²) >= 11 is 0. The van der Waals surface area contributed by atoms with Crippen LogP contribution < -0.4 is 21.3 Å². The molecule has 1 aromatic carbocycles. The van der Waals surface area contributed by atoms with Crippen LogP contribution in [0.25, 0.3) is 0 Å². The number of piperidine rings is 1. The molecule has 1 aromatic heterocycles. The highest BCUT2D eigenvalue weighted by Gasteiger charge is 2.18. The smallest absolute Gasteiger partial charge is 0.319 e. The number of benzene rings is 1. The van der Waals surface area contributed by atoms with Crippen LogP contribution in [0.4, 0.5) is 16.2 Å². The topological polar surface area (TPSA) is 113 Å². The predicted molar refractivity (Wildman–Crippen MR) is 103 cm³/mol. The third kappa shape index (κ3) is 5.14. The lowest BCUT2D eigenvalue weighted by Gasteiger charge is -2.22. The van der Waals surface area contributed by atoms with Crippen molar-refractivity contribution in [2.75, 3.05) is 30.3 Å². The molecule has 0 saturated carbocycles. The third-order valence-electron chi connectivity index (χ3n) is 4.23. The first kappa shape index (κ1) is 18.6. The summed E-state index contributed by atoms with van der Waals surface area (Å²) in [5, 5.41) is 19.5. The Morgan fingerprint density at radius 1 is 1.19 bits per heavy atom. The molecule has 9 heteroatoms. The molecule has 1 fully saturated rings. The maximum Gasteiger partial charge on any atom is 0.319 e. The fourth-order valence-electron chi connectivity index (χ4n) is 2.80. The molecule has 3 rings (SSSR count). The van der Waals surface area contributed by atoms with E-state index in [4.69, 9.17) is 0 Å². The summed E-state index contributed by atoms with van der Waals surface area (Å²) in [6.07, 6.45) is 5.23. The van der Waals surface area contributed by atoms with Crippen molar-refractivity contribution in [2.45, 2.75) is 18.9 Å². The van der Waals surface area contributed by atoms with Gasteiger partial charge in [0, 0.05) is 17.9 Å². The van der Waals surface area contributed by atoms with Gasteiger partial charge in [0.2, 0.25) is 0 Å². The molecular weight excluding hydrogens is 346 g/mol. The Morgan fingerprint density at radius 3 is 2.52 bits per heavy atom. The maximum absolute atomic E-state index is 12.4. The van der Waals surface area contributed by atoms with Crippen LogP contribution in [0.15, 0.2) is 43.1 Å². The quantitative estimate of drug-likeness (QED) is 0.580. The summed E-state index contributed by atoms with van der Waals surface area (Å²) in [7, 11) is 0. The van der Waals surface area contributed by atoms with Crippen LogP contribution in [0.2, 0.25) is 0 Å². The zero-order valence-corrected chi connectivity index (χ0v) is 14.9. The second kappa shape index (κ2) is 8.95. The second-order valence-corrected chi connectivity index (χ2v) is 6.22. The number of amides is 3. The van der Waals surface area contributed by atoms with E-state index < -0.39 is 0 Å². The predicted octanol–water partition coefficient (Wildman–Crippen LogP) is 1.76. The van der Waals surface area contributed by atoms with Crippen LogP contribution in [0.3, 0.4) is 0 Å². The van der Waals surface area contributed by atoms with Crippen LogP contribution in [0, 0.1) is 0 Å². The average Bonchev–Trinajstić information content (AvgIpc) is 3.19. The monoisotopic (exact) mass is 369 g/mol. The van der Waals surface area contributed by atoms with Gasteiger partial charge in [0.05, 0.1) is 12.2 Å². The number of carbonyl (C=O) groups excluding carboxylic acids is 2. The van der Waals surface area contributed by atoms with E-state index in [1.165, 1.54) is 0 Å². The fourth-order valence-corrected chi connectivity index (χ4v) is 2.80. The molecule has 9 nitrogen and oxygen atoms in total. The normalized spacial score (nSPS) is 14.4. The number of carbonyl (C=O) groups is 2. The molecule has 4 N–H and O–H groups in total. The van der Waals surface area contributed by atoms with Gasteiger partial charge in [-0.15, -0.1) is 11.7 Å². The molecule has 1 aliphatic rings. The minimum atomic E-state index is -0.320. The molecule has 0 radical (unpaired) electrons. The Morgan fingerprint density at radius 2 is 1.85 bits per heavy atom. The van der Waals surface area contributed by atoms with Gasteiger partial charge in [-0.1, -0.05) is 11.3 Å². The van der Waals surface area contributed by atoms with Gasteiger partial charge in [-0.25, -0.2) is 9.48 Å². The molecule has 142 valence electrons. The van der Waals surface area contributed by atoms with E-state index in [0.717, 1.165) is 25.9 Å². The Hall–Kier alpha value is -3.20. The third-order valence-corrected chi connectivity index (χ3v) is 4.23. The van der Waals surface area contributed by atoms with Crippen molar-refractivity contribution in [1.29, 1.82) is 0 Å². The van der Waals surface area contributed by atoms with Crippen molar-refractivity contribution in [3.05, 3.63) is 48.8 Å². The van der Waals surface area contributed by atoms with Crippen molar-refractivity contribution in [3.63, 3.8) is 0 Å². The zero-order chi connectivity index (χ0) is 19.1. The number of nitrogens with zero attached hydrogens (tertiary/aromatic N) is 3. The van der Waals surface area contributed by atoms with Gasteiger partial charge in [0.25, 0.3) is 5.91 Å². The lowest BCUT2D eigenvalue weighted by atomic mass is 10.1. The van der Waals surface area contributed by atoms with Gasteiger partial charge in [-0.05, 0) is 50.2 Å². The summed E-state index contributed by atoms with van der Waals surface area (Å²) in [5.41, 5.74) is 1.50. The highest BCUT2D eigenvalue weighted by Crippen LogP contribution is 2.18. The lowest BCUT2D eigenvalue weighted by molar-refractivity contribution is 0.102. The Balaban J connectivity index is 1.55. The molecule has 2 heterocycles. The van der Waals surface area contributed by atoms with Gasteiger partial charge >= 0.3 is 6.03 Å². The molecule has 0 unspecified atom stereocenters. The van der Waals surface area contributed by atoms with E-state index in [-0.39, 0.29) is 23.7 Å². The Bertz CT molecular complexity index is 794. The average molecular weight is 369 g/mol. The van der Waals surface area contributed by atoms with Crippen molar-refractivity contribution in [1.82, 2.24) is 25.6 Å². The van der Waals surface area contributed by atoms with Gasteiger partial charge in [-0.3, -0.25) is 4.79 Å². The Kier molecular flexibility index (Phi) is 6.16. The molecular formula is C18H23N7O2. The molecule has 27 heavy (non-hydrogen) atoms. The molecule has 0 atom stereocenters. The van der Waals surface area contributed by atoms with E-state index in [0.29, 0.717) is 17.9 Å². The summed E-state index contributed by atoms with van der Waals surface area (Å²) in [6.45, 7) is 5.81. The van der Waals surface area contributed by atoms with Gasteiger partial charge < -0.3 is 21.3 Å². The number of rotatable bonds is 6. The molecule has 0 bridgehead atoms. The van der Waals surface area contributed by atoms with Gasteiger partial charge in [0.15, 0.2) is 5.69 Å². The highest BCUT2D eigenvalue weighted by atomic mass is 16.2. The summed E-state index contributed by atoms with van der Waals surface area (Å²) in [6, 6.07) is 6.78. The van der Waals surface area contributed by atoms with Gasteiger partial charge in [-0.2, -0.15) is 0 Å². The maximum atomic E-state index is 12.4. The second-order valence-electron chi connectivity index (χ2n) is 6.22. The number of urea groups is 1. The number of aromatic nitrogens is 3. The van der Waals surface area contributed by atoms with E-state index >= 15 is 0 Å². The minimum absolute atomic E-state index is 0.276. The number of hydrogen-bond donors (Lipinski definition) is 4. The zero-order valence-electron chi connectivity index (χ0n) is 14.9. The van der Waals surface area contributed by atoms with Crippen LogP contribution in [-0.4, -0.2) is 46.6 Å². The van der Waals surface area contributed by atoms with E-state index in [9.17, 15) is 9.59 Å². The minimum Gasteiger partial charge on any atom is -0.334 e. The molecule has 0 aliphatic carbocycles. The van der Waals surface area contributed by atoms with Crippen LogP contribution in [-0.2, 0) is 0 Å². The largest absolute Gasteiger partial charge is 0.334 e. The van der Waals surface area contributed by atoms with E-state index in [1.54, 1.807) is 41.2 Å². The van der Waals surface area contributed by atoms with Crippen molar-refractivity contribution in [3.8, 4) is 0 Å². The summed E-state index contributed by atoms with van der Waals surface area (Å²) < 4.78 is 1.77. The van der Waals surface area contributed by atoms with Crippen molar-refractivity contribution in [2.24, 2.45) is 0 Å². The van der Waals surface area contributed by atoms with Crippen LogP contribution in [0.1, 0.15) is 29.4 Å². The first-order chi connectivity index (χ1) is 13.2. The van der Waals surface area contributed by atoms with E-state index in [2.05, 4.69) is 38.2 Å². The Labute approximate surface area is 157 Å². The molecule has 3 amide bonds. The molecule has 1 saturated heterocycles. The number of nitrogens with one attached hydrogen (secondary N) is 4. The van der Waals surface area contributed by atoms with Gasteiger partial charge in [0.1, 0.15) is 0 Å². The number of hydrogen-bond acceptors (Lipinski definition) is 5.